The van der Waals surface area contributed by atoms with Crippen molar-refractivity contribution in [1.29, 1.82) is 0 Å². The Hall–Kier alpha value is -2.85. The number of alkyl halides is 1. The van der Waals surface area contributed by atoms with Crippen LogP contribution in [0.2, 0.25) is 0 Å². The third-order valence-corrected chi connectivity index (χ3v) is 8.29. The van der Waals surface area contributed by atoms with Gasteiger partial charge < -0.3 is 41.2 Å². The molecule has 0 aliphatic carbocycles. The van der Waals surface area contributed by atoms with Gasteiger partial charge in [-0.25, -0.2) is 24.5 Å². The number of ether oxygens (including phenoxy) is 2. The van der Waals surface area contributed by atoms with Crippen molar-refractivity contribution < 1.29 is 47.9 Å². The number of hydrogen-bond donors (Lipinski definition) is 8. The predicted octanol–water partition coefficient (Wildman–Crippen LogP) is -1.13. The van der Waals surface area contributed by atoms with Crippen molar-refractivity contribution in [3.05, 3.63) is 29.3 Å². The number of aromatic nitrogens is 8. The Labute approximate surface area is 262 Å². The zero-order valence-corrected chi connectivity index (χ0v) is 25.9. The molecule has 0 amide bonds. The number of nitrogens with zero attached hydrogens (tertiary/aromatic N) is 7. The number of anilines is 2. The van der Waals surface area contributed by atoms with Gasteiger partial charge in [0, 0.05) is 0 Å². The van der Waals surface area contributed by atoms with E-state index in [0.717, 1.165) is 10.9 Å². The highest BCUT2D eigenvalue weighted by molar-refractivity contribution is 8.33. The van der Waals surface area contributed by atoms with Gasteiger partial charge in [-0.15, -0.1) is 11.6 Å². The van der Waals surface area contributed by atoms with Crippen molar-refractivity contribution in [2.45, 2.75) is 48.4 Å². The Bertz CT molecular complexity index is 1800. The molecule has 244 valence electrons. The number of phosphoric acid groups is 1. The molecule has 2 aliphatic heterocycles. The van der Waals surface area contributed by atoms with E-state index in [4.69, 9.17) is 46.2 Å². The predicted molar refractivity (Wildman–Crippen MR) is 156 cm³/mol. The second-order valence-corrected chi connectivity index (χ2v) is 12.1. The Morgan fingerprint density at radius 1 is 1.07 bits per heavy atom. The van der Waals surface area contributed by atoms with E-state index in [1.165, 1.54) is 17.2 Å². The minimum atomic E-state index is -5.02. The molecule has 0 radical (unpaired) electrons. The lowest BCUT2D eigenvalue weighted by atomic mass is 10.1. The number of imidazole rings is 2. The lowest BCUT2D eigenvalue weighted by molar-refractivity contribution is -0.0592. The molecule has 6 heterocycles. The smallest absolute Gasteiger partial charge is 0.394 e. The average molecular weight is 711 g/mol. The number of aliphatic hydroxyl groups excluding tert-OH is 3. The number of phosphoric ester groups is 1. The van der Waals surface area contributed by atoms with E-state index in [1.807, 2.05) is 0 Å². The molecule has 4 aromatic rings. The van der Waals surface area contributed by atoms with Gasteiger partial charge in [0.2, 0.25) is 13.6 Å². The maximum Gasteiger partial charge on any atom is 0.472 e. The standard InChI is InChI=1S/C20H24ClN10O10P.HOPS/c21-8-11(33)7(40-18(8)30-4-26-9-14(22)24-3-25-15(9)30)2-38-42(36,37)41-13-12(34)6(1-32)39-19(13)31-5-27-10-16(31)28-20(23)29-17(10)35;1-2-3/h3-8,11-13,18-19,32-34H,1-2H2,(H,36,37)(H2,22,24,25)(H3,23,28,29,35);(H,1,3)/t6-,7-,8+,11-,12-,13-,18-,19-;/m1./s1. The number of fused-ring (bicyclic) bond motifs is 2. The number of aliphatic hydroxyl groups is 3. The number of nitrogens with two attached hydrogens (primary N) is 2. The van der Waals surface area contributed by atoms with Crippen LogP contribution in [0.15, 0.2) is 23.8 Å². The van der Waals surface area contributed by atoms with Crippen LogP contribution in [0.25, 0.3) is 22.3 Å². The Balaban J connectivity index is 0.00000128. The van der Waals surface area contributed by atoms with E-state index < -0.39 is 74.9 Å². The number of nitrogen functional groups attached to an aromatic ring is 2. The molecule has 0 aromatic carbocycles. The molecular weight excluding hydrogens is 686 g/mol. The van der Waals surface area contributed by atoms with Gasteiger partial charge in [0.15, 0.2) is 35.1 Å². The molecule has 0 spiro atoms. The van der Waals surface area contributed by atoms with Crippen LogP contribution in [0.5, 0.6) is 0 Å². The van der Waals surface area contributed by atoms with Gasteiger partial charge in [0.1, 0.15) is 47.7 Å². The molecule has 6 rings (SSSR count). The first kappa shape index (κ1) is 33.5. The number of nitrogens with one attached hydrogen (secondary N) is 1. The average Bonchev–Trinajstić information content (AvgIpc) is 3.74. The molecule has 0 saturated carbocycles. The van der Waals surface area contributed by atoms with Crippen LogP contribution in [-0.4, -0.2) is 108 Å². The summed E-state index contributed by atoms with van der Waals surface area (Å²) in [4.78, 5) is 45.1. The molecule has 25 heteroatoms. The van der Waals surface area contributed by atoms with Crippen molar-refractivity contribution in [3.8, 4) is 0 Å². The van der Waals surface area contributed by atoms with Crippen LogP contribution in [0.4, 0.5) is 11.8 Å². The number of aromatic amines is 1. The van der Waals surface area contributed by atoms with Gasteiger partial charge in [-0.05, 0) is 0 Å². The SMILES string of the molecule is Nc1nc2c(ncn2[C@@H]2O[C@H](CO)[C@@H](O)[C@H]2OP(=O)(O)OC[C@H]2O[C@@H](n3cnc4c(N)ncnc43)[C@@H](Cl)[C@@H]2O)c(=O)[nH]1.O=PS. The first-order chi connectivity index (χ1) is 21.4. The van der Waals surface area contributed by atoms with E-state index in [1.54, 1.807) is 0 Å². The zero-order valence-electron chi connectivity index (χ0n) is 22.4. The summed E-state index contributed by atoms with van der Waals surface area (Å²) >= 11 is 9.61. The number of halogens is 1. The number of H-pyrrole nitrogens is 1. The molecular formula is C20H25ClN10O11P2S. The fourth-order valence-electron chi connectivity index (χ4n) is 4.81. The number of thiol groups is 1. The Kier molecular flexibility index (Phi) is 10.0. The normalized spacial score (nSPS) is 29.6. The second kappa shape index (κ2) is 13.5. The fourth-order valence-corrected chi connectivity index (χ4v) is 6.08. The number of hydrogen-bond acceptors (Lipinski definition) is 17. The van der Waals surface area contributed by atoms with E-state index in [-0.39, 0.29) is 41.8 Å². The topological polar surface area (TPSA) is 311 Å². The first-order valence-electron chi connectivity index (χ1n) is 12.6. The molecule has 2 fully saturated rings. The van der Waals surface area contributed by atoms with Crippen LogP contribution >= 0.6 is 39.3 Å². The fraction of sp³-hybridized carbons (Fsp3) is 0.500. The van der Waals surface area contributed by atoms with E-state index >= 15 is 0 Å². The van der Waals surface area contributed by atoms with Crippen molar-refractivity contribution in [2.24, 2.45) is 0 Å². The van der Waals surface area contributed by atoms with Gasteiger partial charge in [0.05, 0.1) is 25.9 Å². The van der Waals surface area contributed by atoms with Crippen LogP contribution in [0.1, 0.15) is 12.5 Å². The lowest BCUT2D eigenvalue weighted by Gasteiger charge is -2.25. The highest BCUT2D eigenvalue weighted by Gasteiger charge is 2.50. The van der Waals surface area contributed by atoms with Gasteiger partial charge >= 0.3 is 7.82 Å². The van der Waals surface area contributed by atoms with Gasteiger partial charge in [-0.2, -0.15) is 4.98 Å². The minimum absolute atomic E-state index is 0.0740. The summed E-state index contributed by atoms with van der Waals surface area (Å²) in [5.41, 5.74) is 11.2. The molecule has 2 aliphatic rings. The molecule has 9 atom stereocenters. The van der Waals surface area contributed by atoms with E-state index in [2.05, 4.69) is 42.2 Å². The lowest BCUT2D eigenvalue weighted by Crippen LogP contribution is -2.35. The molecule has 45 heavy (non-hydrogen) atoms. The third-order valence-electron chi connectivity index (χ3n) is 6.83. The summed E-state index contributed by atoms with van der Waals surface area (Å²) in [5.74, 6) is -0.123. The largest absolute Gasteiger partial charge is 0.472 e. The summed E-state index contributed by atoms with van der Waals surface area (Å²) in [6.45, 7) is -1.35. The van der Waals surface area contributed by atoms with E-state index in [9.17, 15) is 29.6 Å². The highest BCUT2D eigenvalue weighted by Crippen LogP contribution is 2.50. The summed E-state index contributed by atoms with van der Waals surface area (Å²) in [6, 6.07) is 0. The maximum atomic E-state index is 13.0. The van der Waals surface area contributed by atoms with Crippen LogP contribution < -0.4 is 17.0 Å². The van der Waals surface area contributed by atoms with Crippen molar-refractivity contribution in [1.82, 2.24) is 39.0 Å². The summed E-state index contributed by atoms with van der Waals surface area (Å²) in [6.07, 6.45) is -5.79. The monoisotopic (exact) mass is 710 g/mol. The molecule has 9 N–H and O–H groups in total. The zero-order chi connectivity index (χ0) is 32.6. The highest BCUT2D eigenvalue weighted by atomic mass is 35.5. The van der Waals surface area contributed by atoms with Crippen molar-refractivity contribution >= 4 is 73.4 Å². The first-order valence-corrected chi connectivity index (χ1v) is 16.5. The Morgan fingerprint density at radius 3 is 2.40 bits per heavy atom. The van der Waals surface area contributed by atoms with Crippen LogP contribution in [-0.2, 0) is 27.7 Å². The van der Waals surface area contributed by atoms with Crippen molar-refractivity contribution in [2.75, 3.05) is 24.7 Å². The van der Waals surface area contributed by atoms with Gasteiger partial charge in [0.25, 0.3) is 5.56 Å². The minimum Gasteiger partial charge on any atom is -0.394 e. The Morgan fingerprint density at radius 2 is 1.71 bits per heavy atom. The summed E-state index contributed by atoms with van der Waals surface area (Å²) in [7, 11) is -5.16. The van der Waals surface area contributed by atoms with Crippen LogP contribution in [0.3, 0.4) is 0 Å². The second-order valence-electron chi connectivity index (χ2n) is 9.51. The quantitative estimate of drug-likeness (QED) is 0.0609. The number of rotatable bonds is 8. The molecule has 21 nitrogen and oxygen atoms in total. The van der Waals surface area contributed by atoms with Crippen LogP contribution in [0, 0.1) is 0 Å². The maximum absolute atomic E-state index is 13.0. The van der Waals surface area contributed by atoms with E-state index in [0.29, 0.717) is 0 Å². The molecule has 0 bridgehead atoms. The van der Waals surface area contributed by atoms with Crippen molar-refractivity contribution in [3.63, 3.8) is 0 Å². The molecule has 4 aromatic heterocycles. The molecule has 2 saturated heterocycles. The molecule has 1 unspecified atom stereocenters. The third kappa shape index (κ3) is 6.55. The summed E-state index contributed by atoms with van der Waals surface area (Å²) < 4.78 is 46.2. The van der Waals surface area contributed by atoms with Gasteiger partial charge in [-0.3, -0.25) is 32.5 Å². The summed E-state index contributed by atoms with van der Waals surface area (Å²) in [5, 5.41) is 30.0. The van der Waals surface area contributed by atoms with Gasteiger partial charge in [-0.1, -0.05) is 12.2 Å².